The van der Waals surface area contributed by atoms with Gasteiger partial charge in [0, 0.05) is 36.2 Å². The highest BCUT2D eigenvalue weighted by atomic mass is 19.3. The van der Waals surface area contributed by atoms with Gasteiger partial charge in [0.15, 0.2) is 5.82 Å². The zero-order chi connectivity index (χ0) is 24.8. The predicted octanol–water partition coefficient (Wildman–Crippen LogP) is 4.08. The number of nitrogens with zero attached hydrogens (tertiary/aromatic N) is 3. The van der Waals surface area contributed by atoms with Gasteiger partial charge in [-0.05, 0) is 50.1 Å². The molecule has 0 saturated heterocycles. The summed E-state index contributed by atoms with van der Waals surface area (Å²) < 4.78 is 33.3. The molecule has 0 radical (unpaired) electrons. The van der Waals surface area contributed by atoms with Crippen LogP contribution in [0, 0.1) is 6.92 Å². The summed E-state index contributed by atoms with van der Waals surface area (Å²) >= 11 is 0. The molecule has 0 spiro atoms. The maximum atomic E-state index is 14.0. The van der Waals surface area contributed by atoms with Crippen LogP contribution in [0.3, 0.4) is 0 Å². The normalized spacial score (nSPS) is 18.9. The molecule has 1 aromatic heterocycles. The lowest BCUT2D eigenvalue weighted by Crippen LogP contribution is -2.39. The fourth-order valence-electron chi connectivity index (χ4n) is 4.58. The molecule has 0 saturated carbocycles. The summed E-state index contributed by atoms with van der Waals surface area (Å²) in [6.45, 7) is 4.55. The van der Waals surface area contributed by atoms with Gasteiger partial charge in [-0.15, -0.1) is 5.10 Å². The largest absolute Gasteiger partial charge is 0.390 e. The van der Waals surface area contributed by atoms with Gasteiger partial charge < -0.3 is 20.1 Å². The minimum absolute atomic E-state index is 0.0530. The Morgan fingerprint density at radius 1 is 1.24 bits per heavy atom. The Labute approximate surface area is 196 Å². The van der Waals surface area contributed by atoms with Gasteiger partial charge in [-0.25, -0.2) is 0 Å². The molecule has 180 valence electrons. The van der Waals surface area contributed by atoms with Gasteiger partial charge in [0.25, 0.3) is 5.92 Å². The lowest BCUT2D eigenvalue weighted by atomic mass is 9.83. The van der Waals surface area contributed by atoms with Crippen LogP contribution in [0.2, 0.25) is 0 Å². The summed E-state index contributed by atoms with van der Waals surface area (Å²) in [4.78, 5) is 14.7. The second kappa shape index (κ2) is 8.56. The second-order valence-corrected chi connectivity index (χ2v) is 9.03. The lowest BCUT2D eigenvalue weighted by Gasteiger charge is -2.22. The van der Waals surface area contributed by atoms with Crippen LogP contribution in [0.5, 0.6) is 0 Å². The number of aromatic nitrogens is 2. The summed E-state index contributed by atoms with van der Waals surface area (Å²) in [5.41, 5.74) is 1.90. The van der Waals surface area contributed by atoms with E-state index in [4.69, 9.17) is 9.84 Å². The Bertz CT molecular complexity index is 1270. The van der Waals surface area contributed by atoms with Crippen molar-refractivity contribution < 1.29 is 23.4 Å². The van der Waals surface area contributed by atoms with Crippen molar-refractivity contribution >= 4 is 28.2 Å². The van der Waals surface area contributed by atoms with E-state index in [0.717, 1.165) is 22.0 Å². The molecule has 1 aliphatic rings. The van der Waals surface area contributed by atoms with Crippen LogP contribution in [0.4, 0.5) is 20.3 Å². The maximum absolute atomic E-state index is 14.0. The number of halogens is 2. The molecule has 1 unspecified atom stereocenters. The first-order valence-corrected chi connectivity index (χ1v) is 11.0. The van der Waals surface area contributed by atoms with Gasteiger partial charge in [-0.1, -0.05) is 18.2 Å². The minimum atomic E-state index is -3.32. The first-order chi connectivity index (χ1) is 16.0. The van der Waals surface area contributed by atoms with Crippen molar-refractivity contribution in [2.75, 3.05) is 37.6 Å². The van der Waals surface area contributed by atoms with E-state index in [1.807, 2.05) is 32.9 Å². The van der Waals surface area contributed by atoms with Crippen molar-refractivity contribution in [1.82, 2.24) is 10.2 Å². The van der Waals surface area contributed by atoms with Crippen molar-refractivity contribution in [2.45, 2.75) is 38.2 Å². The summed E-state index contributed by atoms with van der Waals surface area (Å²) in [5, 5.41) is 22.5. The highest BCUT2D eigenvalue weighted by molar-refractivity contribution is 6.11. The van der Waals surface area contributed by atoms with Crippen LogP contribution >= 0.6 is 0 Å². The monoisotopic (exact) mass is 470 g/mol. The van der Waals surface area contributed by atoms with E-state index >= 15 is 0 Å². The molecule has 0 bridgehead atoms. The number of amides is 1. The first kappa shape index (κ1) is 24.0. The number of aryl methyl sites for hydroxylation is 1. The second-order valence-electron chi connectivity index (χ2n) is 9.03. The Kier molecular flexibility index (Phi) is 6.03. The number of likely N-dealkylation sites (N-methyl/N-ethyl adjacent to an activating group) is 1. The molecule has 2 atom stereocenters. The Morgan fingerprint density at radius 2 is 1.97 bits per heavy atom. The quantitative estimate of drug-likeness (QED) is 0.541. The Balaban J connectivity index is 1.77. The molecule has 4 rings (SSSR count). The van der Waals surface area contributed by atoms with Crippen LogP contribution in [0.1, 0.15) is 42.3 Å². The molecule has 9 heteroatoms. The zero-order valence-electron chi connectivity index (χ0n) is 19.8. The van der Waals surface area contributed by atoms with Crippen molar-refractivity contribution in [3.05, 3.63) is 58.8 Å². The van der Waals surface area contributed by atoms with E-state index in [1.54, 1.807) is 25.1 Å². The number of hydrogen-bond donors (Lipinski definition) is 2. The summed E-state index contributed by atoms with van der Waals surface area (Å²) in [5.74, 6) is -2.89. The lowest BCUT2D eigenvalue weighted by molar-refractivity contribution is -0.124. The van der Waals surface area contributed by atoms with Gasteiger partial charge in [0.2, 0.25) is 5.91 Å². The number of carbonyl (C=O) groups is 1. The Morgan fingerprint density at radius 3 is 2.65 bits per heavy atom. The van der Waals surface area contributed by atoms with E-state index in [1.165, 1.54) is 18.2 Å². The summed E-state index contributed by atoms with van der Waals surface area (Å²) in [7, 11) is 3.31. The third-order valence-corrected chi connectivity index (χ3v) is 6.61. The van der Waals surface area contributed by atoms with Crippen molar-refractivity contribution in [3.63, 3.8) is 0 Å². The minimum Gasteiger partial charge on any atom is -0.390 e. The maximum Gasteiger partial charge on any atom is 0.295 e. The summed E-state index contributed by atoms with van der Waals surface area (Å²) in [6.07, 6.45) is 0. The number of nitrogens with one attached hydrogen (secondary N) is 1. The number of benzene rings is 2. The number of alkyl halides is 2. The molecule has 1 amide bonds. The average Bonchev–Trinajstić information content (AvgIpc) is 3.01. The highest BCUT2D eigenvalue weighted by Gasteiger charge is 2.46. The summed E-state index contributed by atoms with van der Waals surface area (Å²) in [6, 6.07) is 9.44. The van der Waals surface area contributed by atoms with Crippen molar-refractivity contribution in [1.29, 1.82) is 0 Å². The van der Waals surface area contributed by atoms with E-state index in [-0.39, 0.29) is 24.1 Å². The van der Waals surface area contributed by atoms with Crippen LogP contribution in [0.25, 0.3) is 10.8 Å². The molecular formula is C25H28F2N4O3. The zero-order valence-corrected chi connectivity index (χ0v) is 19.8. The van der Waals surface area contributed by atoms with Crippen molar-refractivity contribution in [2.24, 2.45) is 0 Å². The number of carbonyl (C=O) groups excluding carboxylic acids is 1. The molecule has 0 aliphatic carbocycles. The molecule has 3 aromatic rings. The molecule has 0 fully saturated rings. The molecule has 2 N–H and O–H groups in total. The van der Waals surface area contributed by atoms with E-state index in [2.05, 4.69) is 15.5 Å². The number of anilines is 2. The van der Waals surface area contributed by atoms with Gasteiger partial charge in [0.1, 0.15) is 6.61 Å². The molecule has 2 heterocycles. The van der Waals surface area contributed by atoms with Gasteiger partial charge >= 0.3 is 0 Å². The third-order valence-electron chi connectivity index (χ3n) is 6.61. The van der Waals surface area contributed by atoms with Crippen LogP contribution < -0.4 is 10.2 Å². The van der Waals surface area contributed by atoms with E-state index in [9.17, 15) is 13.6 Å². The molecule has 34 heavy (non-hydrogen) atoms. The van der Waals surface area contributed by atoms with Gasteiger partial charge in [-0.3, -0.25) is 4.79 Å². The third kappa shape index (κ3) is 3.78. The molecule has 1 aliphatic heterocycles. The number of ether oxygens (including phenoxy) is 1. The number of fused-ring (bicyclic) bond motifs is 2. The van der Waals surface area contributed by atoms with Crippen LogP contribution in [-0.2, 0) is 20.9 Å². The topological polar surface area (TPSA) is 87.6 Å². The molecule has 2 aromatic carbocycles. The van der Waals surface area contributed by atoms with E-state index < -0.39 is 17.9 Å². The van der Waals surface area contributed by atoms with Gasteiger partial charge in [0.05, 0.1) is 23.8 Å². The highest BCUT2D eigenvalue weighted by Crippen LogP contribution is 2.44. The number of methoxy groups -OCH3 is 1. The number of aliphatic hydroxyl groups is 1. The number of rotatable bonds is 7. The number of aliphatic hydroxyl groups excluding tert-OH is 1. The standard InChI is InChI=1S/C25H28F2N4O3/c1-14(16-7-6-8-17(9-16)25(26,27)12-32)28-22-19-11-21-20(10-18(19)15(2)29-30-22)24(3,13-34-5)23(33)31(21)4/h6-11,14,32H,12-13H2,1-5H3,(H,28,30)/t14-,24?/m1/s1. The first-order valence-electron chi connectivity index (χ1n) is 11.0. The Hall–Kier alpha value is -3.17. The SMILES string of the molecule is COCC1(C)C(=O)N(C)c2cc3c(N[C@H](C)c4cccc(C(F)(F)CO)c4)nnc(C)c3cc21. The smallest absolute Gasteiger partial charge is 0.295 e. The molecular weight excluding hydrogens is 442 g/mol. The van der Waals surface area contributed by atoms with Crippen molar-refractivity contribution in [3.8, 4) is 0 Å². The molecule has 7 nitrogen and oxygen atoms in total. The fourth-order valence-corrected chi connectivity index (χ4v) is 4.58. The van der Waals surface area contributed by atoms with Crippen LogP contribution in [0.15, 0.2) is 36.4 Å². The van der Waals surface area contributed by atoms with Crippen LogP contribution in [-0.4, -0.2) is 48.6 Å². The predicted molar refractivity (Wildman–Crippen MR) is 126 cm³/mol. The fraction of sp³-hybridized carbons (Fsp3) is 0.400. The van der Waals surface area contributed by atoms with Gasteiger partial charge in [-0.2, -0.15) is 13.9 Å². The average molecular weight is 471 g/mol. The van der Waals surface area contributed by atoms with E-state index in [0.29, 0.717) is 17.1 Å². The number of hydrogen-bond acceptors (Lipinski definition) is 6.